The Kier molecular flexibility index (Phi) is 2.69. The first-order valence-electron chi connectivity index (χ1n) is 7.07. The van der Waals surface area contributed by atoms with Crippen LogP contribution in [0.2, 0.25) is 0 Å². The molecule has 0 radical (unpaired) electrons. The molecule has 4 rings (SSSR count). The van der Waals surface area contributed by atoms with Gasteiger partial charge in [0.05, 0.1) is 31.0 Å². The van der Waals surface area contributed by atoms with Crippen LogP contribution in [0.15, 0.2) is 42.7 Å². The number of carbonyl (C=O) groups is 1. The van der Waals surface area contributed by atoms with E-state index < -0.39 is 0 Å². The van der Waals surface area contributed by atoms with Crippen molar-refractivity contribution in [3.8, 4) is 5.75 Å². The zero-order valence-electron chi connectivity index (χ0n) is 12.4. The van der Waals surface area contributed by atoms with E-state index in [9.17, 15) is 4.79 Å². The summed E-state index contributed by atoms with van der Waals surface area (Å²) >= 11 is 0. The van der Waals surface area contributed by atoms with Gasteiger partial charge in [0.1, 0.15) is 5.75 Å². The third-order valence-electron chi connectivity index (χ3n) is 4.14. The second kappa shape index (κ2) is 4.59. The lowest BCUT2D eigenvalue weighted by Crippen LogP contribution is -2.22. The highest BCUT2D eigenvalue weighted by Gasteiger charge is 2.29. The van der Waals surface area contributed by atoms with E-state index in [-0.39, 0.29) is 5.91 Å². The van der Waals surface area contributed by atoms with Gasteiger partial charge in [-0.05, 0) is 35.9 Å². The number of rotatable bonds is 2. The zero-order valence-corrected chi connectivity index (χ0v) is 12.4. The number of fused-ring (bicyclic) bond motifs is 2. The number of nitrogens with zero attached hydrogens (tertiary/aromatic N) is 3. The number of methoxy groups -OCH3 is 1. The van der Waals surface area contributed by atoms with Gasteiger partial charge in [0, 0.05) is 18.3 Å². The van der Waals surface area contributed by atoms with Gasteiger partial charge in [-0.25, -0.2) is 4.98 Å². The van der Waals surface area contributed by atoms with Gasteiger partial charge in [-0.1, -0.05) is 6.07 Å². The van der Waals surface area contributed by atoms with E-state index >= 15 is 0 Å². The van der Waals surface area contributed by atoms with Gasteiger partial charge in [-0.3, -0.25) is 4.79 Å². The monoisotopic (exact) mass is 293 g/mol. The molecule has 1 aliphatic heterocycles. The van der Waals surface area contributed by atoms with Crippen LogP contribution in [0, 0.1) is 0 Å². The summed E-state index contributed by atoms with van der Waals surface area (Å²) in [5, 5.41) is 0. The Morgan fingerprint density at radius 1 is 1.18 bits per heavy atom. The van der Waals surface area contributed by atoms with Crippen LogP contribution in [0.25, 0.3) is 11.0 Å². The fraction of sp³-hybridized carbons (Fsp3) is 0.176. The predicted octanol–water partition coefficient (Wildman–Crippen LogP) is 2.74. The molecule has 1 aromatic heterocycles. The number of anilines is 1. The Bertz CT molecular complexity index is 898. The molecular weight excluding hydrogens is 278 g/mol. The van der Waals surface area contributed by atoms with Crippen LogP contribution in [0.5, 0.6) is 5.75 Å². The molecule has 0 aliphatic carbocycles. The first-order valence-corrected chi connectivity index (χ1v) is 7.07. The van der Waals surface area contributed by atoms with Crippen LogP contribution in [0.4, 0.5) is 5.69 Å². The van der Waals surface area contributed by atoms with Crippen molar-refractivity contribution >= 4 is 22.6 Å². The standard InChI is InChI=1S/C17H15N3O2/c1-19-10-18-15-6-4-12(7-16(15)19)20-9-11-3-5-13(22-2)8-14(11)17(20)21/h3-8,10H,9H2,1-2H3. The Morgan fingerprint density at radius 2 is 2.05 bits per heavy atom. The summed E-state index contributed by atoms with van der Waals surface area (Å²) in [6, 6.07) is 11.5. The number of hydrogen-bond acceptors (Lipinski definition) is 3. The van der Waals surface area contributed by atoms with Crippen molar-refractivity contribution in [1.29, 1.82) is 0 Å². The van der Waals surface area contributed by atoms with Gasteiger partial charge in [-0.2, -0.15) is 0 Å². The fourth-order valence-corrected chi connectivity index (χ4v) is 2.90. The number of benzene rings is 2. The Morgan fingerprint density at radius 3 is 2.86 bits per heavy atom. The Balaban J connectivity index is 1.77. The molecule has 0 unspecified atom stereocenters. The summed E-state index contributed by atoms with van der Waals surface area (Å²) < 4.78 is 7.16. The molecular formula is C17H15N3O2. The van der Waals surface area contributed by atoms with Crippen molar-refractivity contribution in [2.75, 3.05) is 12.0 Å². The molecule has 0 saturated heterocycles. The van der Waals surface area contributed by atoms with Crippen molar-refractivity contribution in [2.24, 2.45) is 7.05 Å². The molecule has 0 bridgehead atoms. The highest BCUT2D eigenvalue weighted by atomic mass is 16.5. The maximum atomic E-state index is 12.7. The minimum absolute atomic E-state index is 0.00965. The third-order valence-corrected chi connectivity index (χ3v) is 4.14. The van der Waals surface area contributed by atoms with Gasteiger partial charge in [0.2, 0.25) is 0 Å². The minimum Gasteiger partial charge on any atom is -0.497 e. The molecule has 0 spiro atoms. The molecule has 5 heteroatoms. The normalized spacial score (nSPS) is 13.7. The van der Waals surface area contributed by atoms with Gasteiger partial charge in [0.25, 0.3) is 5.91 Å². The number of imidazole rings is 1. The molecule has 3 aromatic rings. The lowest BCUT2D eigenvalue weighted by atomic mass is 10.1. The lowest BCUT2D eigenvalue weighted by molar-refractivity contribution is 0.0996. The zero-order chi connectivity index (χ0) is 15.3. The average Bonchev–Trinajstić information content (AvgIpc) is 3.08. The van der Waals surface area contributed by atoms with E-state index in [0.717, 1.165) is 22.3 Å². The van der Waals surface area contributed by atoms with Crippen LogP contribution in [-0.2, 0) is 13.6 Å². The summed E-state index contributed by atoms with van der Waals surface area (Å²) in [4.78, 5) is 18.8. The van der Waals surface area contributed by atoms with E-state index in [1.807, 2.05) is 41.9 Å². The maximum Gasteiger partial charge on any atom is 0.259 e. The minimum atomic E-state index is 0.00965. The number of carbonyl (C=O) groups excluding carboxylic acids is 1. The molecule has 5 nitrogen and oxygen atoms in total. The van der Waals surface area contributed by atoms with E-state index in [1.165, 1.54) is 0 Å². The molecule has 22 heavy (non-hydrogen) atoms. The third kappa shape index (κ3) is 1.79. The van der Waals surface area contributed by atoms with Gasteiger partial charge >= 0.3 is 0 Å². The molecule has 2 heterocycles. The largest absolute Gasteiger partial charge is 0.497 e. The van der Waals surface area contributed by atoms with E-state index in [0.29, 0.717) is 17.9 Å². The molecule has 1 aliphatic rings. The van der Waals surface area contributed by atoms with Gasteiger partial charge < -0.3 is 14.2 Å². The van der Waals surface area contributed by atoms with Crippen molar-refractivity contribution in [3.63, 3.8) is 0 Å². The molecule has 0 N–H and O–H groups in total. The van der Waals surface area contributed by atoms with Crippen LogP contribution in [0.1, 0.15) is 15.9 Å². The SMILES string of the molecule is COc1ccc2c(c1)C(=O)N(c1ccc3ncn(C)c3c1)C2. The Hall–Kier alpha value is -2.82. The fourth-order valence-electron chi connectivity index (χ4n) is 2.90. The van der Waals surface area contributed by atoms with Crippen LogP contribution in [0.3, 0.4) is 0 Å². The molecule has 0 atom stereocenters. The predicted molar refractivity (Wildman–Crippen MR) is 84.2 cm³/mol. The number of aryl methyl sites for hydroxylation is 1. The molecule has 0 saturated carbocycles. The molecule has 0 fully saturated rings. The topological polar surface area (TPSA) is 47.4 Å². The number of aromatic nitrogens is 2. The van der Waals surface area contributed by atoms with Crippen LogP contribution < -0.4 is 9.64 Å². The van der Waals surface area contributed by atoms with Crippen LogP contribution in [-0.4, -0.2) is 22.6 Å². The number of ether oxygens (including phenoxy) is 1. The first-order chi connectivity index (χ1) is 10.7. The van der Waals surface area contributed by atoms with Crippen molar-refractivity contribution in [1.82, 2.24) is 9.55 Å². The number of amides is 1. The van der Waals surface area contributed by atoms with E-state index in [2.05, 4.69) is 4.98 Å². The lowest BCUT2D eigenvalue weighted by Gasteiger charge is -2.15. The quantitative estimate of drug-likeness (QED) is 0.730. The molecule has 110 valence electrons. The number of hydrogen-bond donors (Lipinski definition) is 0. The van der Waals surface area contributed by atoms with Gasteiger partial charge in [-0.15, -0.1) is 0 Å². The second-order valence-corrected chi connectivity index (χ2v) is 5.44. The highest BCUT2D eigenvalue weighted by Crippen LogP contribution is 2.31. The summed E-state index contributed by atoms with van der Waals surface area (Å²) in [6.45, 7) is 0.585. The molecule has 1 amide bonds. The summed E-state index contributed by atoms with van der Waals surface area (Å²) in [7, 11) is 3.56. The van der Waals surface area contributed by atoms with Crippen molar-refractivity contribution < 1.29 is 9.53 Å². The van der Waals surface area contributed by atoms with Crippen molar-refractivity contribution in [2.45, 2.75) is 6.54 Å². The summed E-state index contributed by atoms with van der Waals surface area (Å²) in [5.74, 6) is 0.714. The Labute approximate surface area is 127 Å². The van der Waals surface area contributed by atoms with Gasteiger partial charge in [0.15, 0.2) is 0 Å². The second-order valence-electron chi connectivity index (χ2n) is 5.44. The highest BCUT2D eigenvalue weighted by molar-refractivity contribution is 6.10. The van der Waals surface area contributed by atoms with E-state index in [1.54, 1.807) is 24.4 Å². The molecule has 2 aromatic carbocycles. The van der Waals surface area contributed by atoms with Crippen LogP contribution >= 0.6 is 0 Å². The van der Waals surface area contributed by atoms with Crippen molar-refractivity contribution in [3.05, 3.63) is 53.9 Å². The first kappa shape index (κ1) is 12.9. The average molecular weight is 293 g/mol. The summed E-state index contributed by atoms with van der Waals surface area (Å²) in [6.07, 6.45) is 1.78. The summed E-state index contributed by atoms with van der Waals surface area (Å²) in [5.41, 5.74) is 4.56. The van der Waals surface area contributed by atoms with E-state index in [4.69, 9.17) is 4.74 Å². The smallest absolute Gasteiger partial charge is 0.259 e. The maximum absolute atomic E-state index is 12.7.